The van der Waals surface area contributed by atoms with E-state index in [1.807, 2.05) is 0 Å². The number of carbonyl (C=O) groups excluding carboxylic acids is 2. The van der Waals surface area contributed by atoms with Crippen LogP contribution in [0.4, 0.5) is 5.69 Å². The van der Waals surface area contributed by atoms with Crippen LogP contribution in [0.3, 0.4) is 0 Å². The Kier molecular flexibility index (Phi) is 5.76. The van der Waals surface area contributed by atoms with Gasteiger partial charge in [-0.15, -0.1) is 0 Å². The lowest BCUT2D eigenvalue weighted by Gasteiger charge is -2.44. The Balaban J connectivity index is 1.30. The molecule has 2 aliphatic rings. The quantitative estimate of drug-likeness (QED) is 0.831. The summed E-state index contributed by atoms with van der Waals surface area (Å²) in [6.07, 6.45) is 7.74. The molecule has 1 aromatic heterocycles. The second-order valence-electron chi connectivity index (χ2n) is 7.72. The molecular weight excluding hydrogens is 354 g/mol. The van der Waals surface area contributed by atoms with E-state index in [-0.39, 0.29) is 17.6 Å². The second-order valence-corrected chi connectivity index (χ2v) is 7.72. The van der Waals surface area contributed by atoms with E-state index in [4.69, 9.17) is 4.42 Å². The Hall–Kier alpha value is -2.60. The van der Waals surface area contributed by atoms with Gasteiger partial charge in [0, 0.05) is 23.8 Å². The molecule has 6 heteroatoms. The van der Waals surface area contributed by atoms with Crippen molar-refractivity contribution in [3.8, 4) is 0 Å². The number of nitrogens with zero attached hydrogens (tertiary/aromatic N) is 1. The number of nitrogens with one attached hydrogen (secondary N) is 2. The molecule has 0 aliphatic carbocycles. The molecule has 2 N–H and O–H groups in total. The Morgan fingerprint density at radius 3 is 2.61 bits per heavy atom. The van der Waals surface area contributed by atoms with Gasteiger partial charge in [-0.3, -0.25) is 9.59 Å². The number of furan rings is 1. The van der Waals surface area contributed by atoms with Gasteiger partial charge in [0.15, 0.2) is 5.76 Å². The van der Waals surface area contributed by atoms with Crippen molar-refractivity contribution in [2.45, 2.75) is 38.1 Å². The third kappa shape index (κ3) is 4.28. The number of fused-ring (bicyclic) bond motifs is 1. The van der Waals surface area contributed by atoms with E-state index in [9.17, 15) is 9.59 Å². The average molecular weight is 381 g/mol. The normalized spacial score (nSPS) is 22.3. The van der Waals surface area contributed by atoms with Crippen LogP contribution in [0, 0.1) is 5.92 Å². The lowest BCUT2D eigenvalue weighted by atomic mass is 9.83. The van der Waals surface area contributed by atoms with E-state index in [1.165, 1.54) is 51.5 Å². The van der Waals surface area contributed by atoms with Gasteiger partial charge in [0.2, 0.25) is 0 Å². The van der Waals surface area contributed by atoms with E-state index in [2.05, 4.69) is 15.5 Å². The van der Waals surface area contributed by atoms with Crippen LogP contribution in [0.15, 0.2) is 47.1 Å². The standard InChI is InChI=1S/C22H27N3O3/c26-21(23-15-17-5-3-13-25-12-2-1-6-19(17)25)16-8-10-18(11-9-16)24-22(27)20-7-4-14-28-20/h4,7-11,14,17,19H,1-3,5-6,12-13,15H2,(H,23,26)(H,24,27). The summed E-state index contributed by atoms with van der Waals surface area (Å²) in [6, 6.07) is 10.8. The van der Waals surface area contributed by atoms with Gasteiger partial charge in [0.25, 0.3) is 11.8 Å². The summed E-state index contributed by atoms with van der Waals surface area (Å²) in [6.45, 7) is 3.15. The number of anilines is 1. The predicted octanol–water partition coefficient (Wildman–Crippen LogP) is 3.53. The van der Waals surface area contributed by atoms with Crippen LogP contribution >= 0.6 is 0 Å². The SMILES string of the molecule is O=C(NCC1CCCN2CCCCC12)c1ccc(NC(=O)c2ccco2)cc1. The molecule has 2 atom stereocenters. The van der Waals surface area contributed by atoms with Crippen molar-refractivity contribution >= 4 is 17.5 Å². The van der Waals surface area contributed by atoms with Crippen LogP contribution in [-0.4, -0.2) is 42.4 Å². The first-order valence-corrected chi connectivity index (χ1v) is 10.2. The highest BCUT2D eigenvalue weighted by Crippen LogP contribution is 2.30. The lowest BCUT2D eigenvalue weighted by molar-refractivity contribution is 0.0575. The number of benzene rings is 1. The molecule has 2 saturated heterocycles. The lowest BCUT2D eigenvalue weighted by Crippen LogP contribution is -2.51. The van der Waals surface area contributed by atoms with Crippen LogP contribution in [-0.2, 0) is 0 Å². The van der Waals surface area contributed by atoms with Gasteiger partial charge in [-0.1, -0.05) is 6.42 Å². The molecule has 2 amide bonds. The molecule has 2 aromatic rings. The Morgan fingerprint density at radius 2 is 1.82 bits per heavy atom. The average Bonchev–Trinajstić information content (AvgIpc) is 3.27. The second kappa shape index (κ2) is 8.61. The fourth-order valence-electron chi connectivity index (χ4n) is 4.45. The van der Waals surface area contributed by atoms with Gasteiger partial charge in [0.1, 0.15) is 0 Å². The largest absolute Gasteiger partial charge is 0.459 e. The molecule has 6 nitrogen and oxygen atoms in total. The Morgan fingerprint density at radius 1 is 1.00 bits per heavy atom. The first-order valence-electron chi connectivity index (χ1n) is 10.2. The first kappa shape index (κ1) is 18.7. The third-order valence-electron chi connectivity index (χ3n) is 5.90. The minimum atomic E-state index is -0.309. The monoisotopic (exact) mass is 381 g/mol. The molecule has 0 bridgehead atoms. The maximum Gasteiger partial charge on any atom is 0.291 e. The molecule has 2 unspecified atom stereocenters. The fourth-order valence-corrected chi connectivity index (χ4v) is 4.45. The first-order chi connectivity index (χ1) is 13.7. The maximum absolute atomic E-state index is 12.5. The van der Waals surface area contributed by atoms with E-state index in [0.29, 0.717) is 23.2 Å². The summed E-state index contributed by atoms with van der Waals surface area (Å²) in [4.78, 5) is 27.2. The number of amides is 2. The molecule has 4 rings (SSSR count). The zero-order chi connectivity index (χ0) is 19.3. The summed E-state index contributed by atoms with van der Waals surface area (Å²) >= 11 is 0. The van der Waals surface area contributed by atoms with Gasteiger partial charge in [-0.2, -0.15) is 0 Å². The van der Waals surface area contributed by atoms with Crippen molar-refractivity contribution in [2.24, 2.45) is 5.92 Å². The van der Waals surface area contributed by atoms with Gasteiger partial charge >= 0.3 is 0 Å². The topological polar surface area (TPSA) is 74.6 Å². The molecule has 0 radical (unpaired) electrons. The highest BCUT2D eigenvalue weighted by atomic mass is 16.3. The minimum Gasteiger partial charge on any atom is -0.459 e. The zero-order valence-electron chi connectivity index (χ0n) is 16.0. The zero-order valence-corrected chi connectivity index (χ0v) is 16.0. The highest BCUT2D eigenvalue weighted by molar-refractivity contribution is 6.02. The summed E-state index contributed by atoms with van der Waals surface area (Å²) < 4.78 is 5.08. The van der Waals surface area contributed by atoms with Crippen LogP contribution in [0.25, 0.3) is 0 Å². The maximum atomic E-state index is 12.5. The Labute approximate surface area is 165 Å². The number of hydrogen-bond donors (Lipinski definition) is 2. The van der Waals surface area contributed by atoms with Gasteiger partial charge < -0.3 is 20.0 Å². The molecule has 0 saturated carbocycles. The van der Waals surface area contributed by atoms with Crippen molar-refractivity contribution < 1.29 is 14.0 Å². The van der Waals surface area contributed by atoms with E-state index >= 15 is 0 Å². The van der Waals surface area contributed by atoms with E-state index in [1.54, 1.807) is 36.4 Å². The number of hydrogen-bond acceptors (Lipinski definition) is 4. The van der Waals surface area contributed by atoms with E-state index < -0.39 is 0 Å². The van der Waals surface area contributed by atoms with Crippen LogP contribution in [0.2, 0.25) is 0 Å². The molecule has 1 aromatic carbocycles. The molecule has 3 heterocycles. The summed E-state index contributed by atoms with van der Waals surface area (Å²) in [5.74, 6) is 0.435. The van der Waals surface area contributed by atoms with Crippen molar-refractivity contribution in [3.05, 3.63) is 54.0 Å². The molecule has 2 aliphatic heterocycles. The number of carbonyl (C=O) groups is 2. The van der Waals surface area contributed by atoms with Crippen LogP contribution in [0.1, 0.15) is 53.0 Å². The molecule has 0 spiro atoms. The summed E-state index contributed by atoms with van der Waals surface area (Å²) in [5.41, 5.74) is 1.23. The predicted molar refractivity (Wildman–Crippen MR) is 107 cm³/mol. The van der Waals surface area contributed by atoms with Gasteiger partial charge in [-0.25, -0.2) is 0 Å². The minimum absolute atomic E-state index is 0.0585. The summed E-state index contributed by atoms with van der Waals surface area (Å²) in [7, 11) is 0. The number of piperidine rings is 2. The smallest absolute Gasteiger partial charge is 0.291 e. The molecule has 148 valence electrons. The highest BCUT2D eigenvalue weighted by Gasteiger charge is 2.32. The number of rotatable bonds is 5. The van der Waals surface area contributed by atoms with Crippen LogP contribution in [0.5, 0.6) is 0 Å². The van der Waals surface area contributed by atoms with Crippen molar-refractivity contribution in [1.82, 2.24) is 10.2 Å². The third-order valence-corrected chi connectivity index (χ3v) is 5.90. The van der Waals surface area contributed by atoms with Crippen molar-refractivity contribution in [2.75, 3.05) is 25.0 Å². The molecular formula is C22H27N3O3. The van der Waals surface area contributed by atoms with Gasteiger partial charge in [0.05, 0.1) is 6.26 Å². The molecule has 28 heavy (non-hydrogen) atoms. The fraction of sp³-hybridized carbons (Fsp3) is 0.455. The Bertz CT molecular complexity index is 799. The van der Waals surface area contributed by atoms with E-state index in [0.717, 1.165) is 6.54 Å². The van der Waals surface area contributed by atoms with Crippen LogP contribution < -0.4 is 10.6 Å². The van der Waals surface area contributed by atoms with Crippen molar-refractivity contribution in [1.29, 1.82) is 0 Å². The summed E-state index contributed by atoms with van der Waals surface area (Å²) in [5, 5.41) is 5.87. The van der Waals surface area contributed by atoms with Crippen molar-refractivity contribution in [3.63, 3.8) is 0 Å². The molecule has 2 fully saturated rings. The van der Waals surface area contributed by atoms with Gasteiger partial charge in [-0.05, 0) is 81.1 Å².